The minimum absolute atomic E-state index is 0.0190. The maximum atomic E-state index is 13.9. The van der Waals surface area contributed by atoms with E-state index in [4.69, 9.17) is 14.6 Å². The Bertz CT molecular complexity index is 772. The lowest BCUT2D eigenvalue weighted by molar-refractivity contribution is -0.152. The Morgan fingerprint density at radius 2 is 1.54 bits per heavy atom. The molecule has 0 aromatic rings. The molecule has 0 aliphatic rings. The number of methoxy groups -OCH3 is 1. The van der Waals surface area contributed by atoms with Gasteiger partial charge in [-0.1, -0.05) is 61.8 Å². The summed E-state index contributed by atoms with van der Waals surface area (Å²) in [6.07, 6.45) is 0.661. The standard InChI is InChI=1S/C29H55N3O7/c1-12-21(8)27(22(38-11)16-24(35)39-17-18(2)3)32(10)29(37)25(19(4)5)30-28(36)26(20(6)7)31(9)15-13-14-23(33)34/h18-22,25-27H,12-17H2,1-11H3,(H,30,36)(H,33,34)/t21-,22+,25-,26-,27-/m0/s1. The first-order valence-electron chi connectivity index (χ1n) is 14.3. The number of esters is 1. The van der Waals surface area contributed by atoms with Crippen LogP contribution in [0.3, 0.4) is 0 Å². The molecule has 0 unspecified atom stereocenters. The third-order valence-electron chi connectivity index (χ3n) is 7.16. The van der Waals surface area contributed by atoms with Crippen LogP contribution in [0.1, 0.15) is 81.1 Å². The maximum Gasteiger partial charge on any atom is 0.308 e. The number of hydrogen-bond acceptors (Lipinski definition) is 7. The zero-order valence-electron chi connectivity index (χ0n) is 26.2. The first-order chi connectivity index (χ1) is 18.1. The number of nitrogens with zero attached hydrogens (tertiary/aromatic N) is 2. The van der Waals surface area contributed by atoms with Crippen LogP contribution >= 0.6 is 0 Å². The monoisotopic (exact) mass is 557 g/mol. The van der Waals surface area contributed by atoms with Crippen LogP contribution in [0.5, 0.6) is 0 Å². The number of carbonyl (C=O) groups excluding carboxylic acids is 3. The molecule has 0 rings (SSSR count). The van der Waals surface area contributed by atoms with Gasteiger partial charge < -0.3 is 24.8 Å². The van der Waals surface area contributed by atoms with Gasteiger partial charge in [0.25, 0.3) is 0 Å². The van der Waals surface area contributed by atoms with Crippen LogP contribution < -0.4 is 5.32 Å². The molecule has 0 heterocycles. The molecule has 0 radical (unpaired) electrons. The molecule has 0 spiro atoms. The zero-order valence-corrected chi connectivity index (χ0v) is 26.2. The van der Waals surface area contributed by atoms with E-state index in [1.165, 1.54) is 7.11 Å². The lowest BCUT2D eigenvalue weighted by atomic mass is 9.90. The second kappa shape index (κ2) is 18.2. The lowest BCUT2D eigenvalue weighted by Crippen LogP contribution is -2.59. The number of likely N-dealkylation sites (N-methyl/N-ethyl adjacent to an activating group) is 2. The summed E-state index contributed by atoms with van der Waals surface area (Å²) in [4.78, 5) is 54.2. The summed E-state index contributed by atoms with van der Waals surface area (Å²) < 4.78 is 11.1. The van der Waals surface area contributed by atoms with E-state index in [2.05, 4.69) is 5.32 Å². The molecule has 0 fully saturated rings. The molecule has 0 saturated carbocycles. The Labute approximate surface area is 236 Å². The van der Waals surface area contributed by atoms with Crippen molar-refractivity contribution in [1.82, 2.24) is 15.1 Å². The van der Waals surface area contributed by atoms with E-state index in [0.717, 1.165) is 6.42 Å². The van der Waals surface area contributed by atoms with Gasteiger partial charge >= 0.3 is 11.9 Å². The van der Waals surface area contributed by atoms with Crippen molar-refractivity contribution in [3.8, 4) is 0 Å². The van der Waals surface area contributed by atoms with Gasteiger partial charge in [-0.15, -0.1) is 0 Å². The molecule has 10 nitrogen and oxygen atoms in total. The molecule has 0 aromatic heterocycles. The van der Waals surface area contributed by atoms with Crippen molar-refractivity contribution < 1.29 is 33.8 Å². The van der Waals surface area contributed by atoms with Crippen molar-refractivity contribution in [3.63, 3.8) is 0 Å². The fraction of sp³-hybridized carbons (Fsp3) is 0.862. The maximum absolute atomic E-state index is 13.9. The molecule has 0 saturated heterocycles. The molecule has 0 aromatic carbocycles. The molecule has 10 heteroatoms. The molecule has 2 N–H and O–H groups in total. The Hall–Kier alpha value is -2.20. The lowest BCUT2D eigenvalue weighted by Gasteiger charge is -2.40. The number of rotatable bonds is 19. The second-order valence-electron chi connectivity index (χ2n) is 11.8. The van der Waals surface area contributed by atoms with Crippen molar-refractivity contribution in [3.05, 3.63) is 0 Å². The predicted octanol–water partition coefficient (Wildman–Crippen LogP) is 3.43. The van der Waals surface area contributed by atoms with Gasteiger partial charge in [0.1, 0.15) is 6.04 Å². The van der Waals surface area contributed by atoms with Crippen LogP contribution in [-0.2, 0) is 28.7 Å². The Morgan fingerprint density at radius 3 is 1.97 bits per heavy atom. The molecule has 228 valence electrons. The van der Waals surface area contributed by atoms with Crippen LogP contribution in [0.15, 0.2) is 0 Å². The summed E-state index contributed by atoms with van der Waals surface area (Å²) in [5.74, 6) is -1.78. The third kappa shape index (κ3) is 12.7. The summed E-state index contributed by atoms with van der Waals surface area (Å²) in [7, 11) is 5.03. The highest BCUT2D eigenvalue weighted by molar-refractivity contribution is 5.90. The van der Waals surface area contributed by atoms with Crippen LogP contribution in [0.25, 0.3) is 0 Å². The highest BCUT2D eigenvalue weighted by Crippen LogP contribution is 2.24. The first-order valence-corrected chi connectivity index (χ1v) is 14.3. The number of hydrogen-bond donors (Lipinski definition) is 2. The highest BCUT2D eigenvalue weighted by Gasteiger charge is 2.39. The quantitative estimate of drug-likeness (QED) is 0.232. The summed E-state index contributed by atoms with van der Waals surface area (Å²) in [6.45, 7) is 16.4. The Balaban J connectivity index is 5.85. The van der Waals surface area contributed by atoms with E-state index in [-0.39, 0.29) is 54.3 Å². The summed E-state index contributed by atoms with van der Waals surface area (Å²) >= 11 is 0. The number of ether oxygens (including phenoxy) is 2. The van der Waals surface area contributed by atoms with E-state index >= 15 is 0 Å². The highest BCUT2D eigenvalue weighted by atomic mass is 16.5. The van der Waals surface area contributed by atoms with E-state index in [9.17, 15) is 19.2 Å². The molecular weight excluding hydrogens is 502 g/mol. The normalized spacial score (nSPS) is 15.7. The second-order valence-corrected chi connectivity index (χ2v) is 11.8. The number of carbonyl (C=O) groups is 4. The van der Waals surface area contributed by atoms with Gasteiger partial charge in [-0.2, -0.15) is 0 Å². The Kier molecular flexibility index (Phi) is 17.2. The van der Waals surface area contributed by atoms with Crippen molar-refractivity contribution in [2.24, 2.45) is 23.7 Å². The minimum atomic E-state index is -0.874. The average molecular weight is 558 g/mol. The SMILES string of the molecule is CC[C@H](C)[C@@H]([C@@H](CC(=O)OCC(C)C)OC)N(C)C(=O)[C@@H](NC(=O)[C@H](C(C)C)N(C)CCCC(=O)O)C(C)C. The number of carboxylic acid groups (broad SMARTS) is 1. The van der Waals surface area contributed by atoms with Gasteiger partial charge in [0.05, 0.1) is 31.2 Å². The molecule has 2 amide bonds. The van der Waals surface area contributed by atoms with Gasteiger partial charge in [-0.25, -0.2) is 0 Å². The minimum Gasteiger partial charge on any atom is -0.481 e. The molecule has 0 aliphatic carbocycles. The third-order valence-corrected chi connectivity index (χ3v) is 7.16. The van der Waals surface area contributed by atoms with Crippen molar-refractivity contribution >= 4 is 23.8 Å². The van der Waals surface area contributed by atoms with E-state index in [1.54, 1.807) is 19.0 Å². The van der Waals surface area contributed by atoms with Crippen molar-refractivity contribution in [2.75, 3.05) is 34.4 Å². The molecule has 39 heavy (non-hydrogen) atoms. The molecule has 0 aliphatic heterocycles. The fourth-order valence-corrected chi connectivity index (χ4v) is 4.81. The van der Waals surface area contributed by atoms with Crippen LogP contribution in [-0.4, -0.2) is 97.2 Å². The van der Waals surface area contributed by atoms with Gasteiger partial charge in [0.2, 0.25) is 11.8 Å². The molecular formula is C29H55N3O7. The summed E-state index contributed by atoms with van der Waals surface area (Å²) in [5.41, 5.74) is 0. The number of nitrogens with one attached hydrogen (secondary N) is 1. The van der Waals surface area contributed by atoms with Gasteiger partial charge in [0, 0.05) is 20.6 Å². The van der Waals surface area contributed by atoms with Crippen LogP contribution in [0.2, 0.25) is 0 Å². The van der Waals surface area contributed by atoms with Gasteiger partial charge in [-0.05, 0) is 43.7 Å². The number of amides is 2. The van der Waals surface area contributed by atoms with E-state index in [1.807, 2.05) is 60.3 Å². The summed E-state index contributed by atoms with van der Waals surface area (Å²) in [6, 6.07) is -1.71. The van der Waals surface area contributed by atoms with Crippen molar-refractivity contribution in [2.45, 2.75) is 105 Å². The average Bonchev–Trinajstić information content (AvgIpc) is 2.84. The predicted molar refractivity (Wildman–Crippen MR) is 152 cm³/mol. The summed E-state index contributed by atoms with van der Waals surface area (Å²) in [5, 5.41) is 11.9. The number of carboxylic acids is 1. The molecule has 5 atom stereocenters. The topological polar surface area (TPSA) is 125 Å². The smallest absolute Gasteiger partial charge is 0.308 e. The number of aliphatic carboxylic acids is 1. The molecule has 0 bridgehead atoms. The zero-order chi connectivity index (χ0) is 30.4. The largest absolute Gasteiger partial charge is 0.481 e. The van der Waals surface area contributed by atoms with E-state index < -0.39 is 30.2 Å². The Morgan fingerprint density at radius 1 is 0.949 bits per heavy atom. The fourth-order valence-electron chi connectivity index (χ4n) is 4.81. The van der Waals surface area contributed by atoms with Crippen LogP contribution in [0.4, 0.5) is 0 Å². The first kappa shape index (κ1) is 36.8. The van der Waals surface area contributed by atoms with Gasteiger partial charge in [-0.3, -0.25) is 24.1 Å². The van der Waals surface area contributed by atoms with Crippen LogP contribution in [0, 0.1) is 23.7 Å². The van der Waals surface area contributed by atoms with Gasteiger partial charge in [0.15, 0.2) is 0 Å². The van der Waals surface area contributed by atoms with Crippen molar-refractivity contribution in [1.29, 1.82) is 0 Å². The van der Waals surface area contributed by atoms with E-state index in [0.29, 0.717) is 19.6 Å².